The van der Waals surface area contributed by atoms with Crippen molar-refractivity contribution in [3.8, 4) is 0 Å². The molecule has 6 nitrogen and oxygen atoms in total. The maximum atomic E-state index is 12.0. The van der Waals surface area contributed by atoms with Crippen LogP contribution in [0.25, 0.3) is 0 Å². The number of nitrogens with two attached hydrogens (primary N) is 1. The number of carbonyl (C=O) groups is 1. The third-order valence-electron chi connectivity index (χ3n) is 2.66. The summed E-state index contributed by atoms with van der Waals surface area (Å²) in [7, 11) is 0. The Bertz CT molecular complexity index is 667. The van der Waals surface area contributed by atoms with Crippen molar-refractivity contribution >= 4 is 40.7 Å². The van der Waals surface area contributed by atoms with Gasteiger partial charge in [0, 0.05) is 5.56 Å². The fraction of sp³-hybridized carbons (Fsp3) is 0.167. The highest BCUT2D eigenvalue weighted by Crippen LogP contribution is 2.28. The van der Waals surface area contributed by atoms with Gasteiger partial charge in [0.1, 0.15) is 0 Å². The van der Waals surface area contributed by atoms with E-state index < -0.39 is 5.91 Å². The maximum absolute atomic E-state index is 12.0. The van der Waals surface area contributed by atoms with E-state index >= 15 is 0 Å². The number of hydrogen-bond donors (Lipinski definition) is 2. The smallest absolute Gasteiger partial charge is 0.258 e. The first-order valence-corrected chi connectivity index (χ1v) is 6.38. The molecule has 0 aliphatic heterocycles. The molecule has 8 heteroatoms. The van der Waals surface area contributed by atoms with Gasteiger partial charge in [-0.15, -0.1) is 5.10 Å². The Morgan fingerprint density at radius 2 is 1.75 bits per heavy atom. The number of anilines is 2. The summed E-state index contributed by atoms with van der Waals surface area (Å²) in [5.74, 6) is -0.332. The zero-order valence-electron chi connectivity index (χ0n) is 10.7. The van der Waals surface area contributed by atoms with Gasteiger partial charge in [-0.1, -0.05) is 23.2 Å². The van der Waals surface area contributed by atoms with Crippen molar-refractivity contribution in [1.82, 2.24) is 15.2 Å². The van der Waals surface area contributed by atoms with Gasteiger partial charge in [-0.25, -0.2) is 4.98 Å². The van der Waals surface area contributed by atoms with Crippen LogP contribution in [-0.2, 0) is 0 Å². The lowest BCUT2D eigenvalue weighted by atomic mass is 10.2. The zero-order chi connectivity index (χ0) is 14.9. The average Bonchev–Trinajstić information content (AvgIpc) is 2.39. The number of rotatable bonds is 2. The van der Waals surface area contributed by atoms with Gasteiger partial charge >= 0.3 is 0 Å². The van der Waals surface area contributed by atoms with Crippen LogP contribution in [0.2, 0.25) is 10.0 Å². The second-order valence-corrected chi connectivity index (χ2v) is 4.93. The Kier molecular flexibility index (Phi) is 4.06. The molecule has 1 aromatic heterocycles. The number of aryl methyl sites for hydroxylation is 2. The zero-order valence-corrected chi connectivity index (χ0v) is 12.2. The van der Waals surface area contributed by atoms with E-state index in [2.05, 4.69) is 20.5 Å². The minimum Gasteiger partial charge on any atom is -0.396 e. The van der Waals surface area contributed by atoms with Crippen LogP contribution < -0.4 is 11.1 Å². The molecule has 20 heavy (non-hydrogen) atoms. The number of amides is 1. The summed E-state index contributed by atoms with van der Waals surface area (Å²) < 4.78 is 0. The molecular weight excluding hydrogens is 301 g/mol. The quantitative estimate of drug-likeness (QED) is 0.831. The fourth-order valence-electron chi connectivity index (χ4n) is 1.40. The largest absolute Gasteiger partial charge is 0.396 e. The second-order valence-electron chi connectivity index (χ2n) is 4.11. The summed E-state index contributed by atoms with van der Waals surface area (Å²) in [4.78, 5) is 16.2. The molecular formula is C12H11Cl2N5O. The van der Waals surface area contributed by atoms with Crippen molar-refractivity contribution < 1.29 is 4.79 Å². The molecule has 0 aliphatic carbocycles. The molecule has 3 N–H and O–H groups in total. The molecule has 0 bridgehead atoms. The Balaban J connectivity index is 2.26. The number of nitrogens with zero attached hydrogens (tertiary/aromatic N) is 3. The molecule has 0 fully saturated rings. The number of carbonyl (C=O) groups excluding carboxylic acids is 1. The normalized spacial score (nSPS) is 10.4. The van der Waals surface area contributed by atoms with E-state index in [0.29, 0.717) is 11.4 Å². The Labute approximate surface area is 125 Å². The predicted octanol–water partition coefficient (Wildman–Crippen LogP) is 2.63. The lowest BCUT2D eigenvalue weighted by Gasteiger charge is -2.07. The highest BCUT2D eigenvalue weighted by atomic mass is 35.5. The molecule has 0 unspecified atom stereocenters. The topological polar surface area (TPSA) is 93.8 Å². The minimum absolute atomic E-state index is 0.113. The van der Waals surface area contributed by atoms with E-state index in [-0.39, 0.29) is 27.2 Å². The van der Waals surface area contributed by atoms with E-state index in [1.165, 1.54) is 12.1 Å². The molecule has 1 aromatic carbocycles. The summed E-state index contributed by atoms with van der Waals surface area (Å²) in [6.45, 7) is 3.55. The standard InChI is InChI=1S/C12H11Cl2N5O/c1-5-6(2)18-19-12(16-5)17-11(20)7-3-8(13)10(15)9(14)4-7/h3-4H,15H2,1-2H3,(H,16,17,19,20). The van der Waals surface area contributed by atoms with E-state index in [1.807, 2.05) is 0 Å². The van der Waals surface area contributed by atoms with E-state index in [9.17, 15) is 4.79 Å². The average molecular weight is 312 g/mol. The second kappa shape index (κ2) is 5.60. The molecule has 0 aliphatic rings. The molecule has 104 valence electrons. The van der Waals surface area contributed by atoms with Crippen LogP contribution in [0.5, 0.6) is 0 Å². The van der Waals surface area contributed by atoms with Crippen molar-refractivity contribution in [3.63, 3.8) is 0 Å². The monoisotopic (exact) mass is 311 g/mol. The highest BCUT2D eigenvalue weighted by Gasteiger charge is 2.13. The summed E-state index contributed by atoms with van der Waals surface area (Å²) in [5.41, 5.74) is 7.48. The van der Waals surface area contributed by atoms with E-state index in [4.69, 9.17) is 28.9 Å². The third-order valence-corrected chi connectivity index (χ3v) is 3.28. The van der Waals surface area contributed by atoms with Crippen molar-refractivity contribution in [2.75, 3.05) is 11.1 Å². The number of nitrogen functional groups attached to an aromatic ring is 1. The van der Waals surface area contributed by atoms with Crippen molar-refractivity contribution in [3.05, 3.63) is 39.1 Å². The Morgan fingerprint density at radius 3 is 2.30 bits per heavy atom. The number of halogens is 2. The molecule has 0 saturated carbocycles. The molecule has 2 aromatic rings. The first-order valence-electron chi connectivity index (χ1n) is 5.62. The van der Waals surface area contributed by atoms with Crippen LogP contribution in [0.4, 0.5) is 11.6 Å². The Morgan fingerprint density at radius 1 is 1.15 bits per heavy atom. The number of hydrogen-bond acceptors (Lipinski definition) is 5. The summed E-state index contributed by atoms with van der Waals surface area (Å²) in [6, 6.07) is 2.85. The van der Waals surface area contributed by atoms with Crippen LogP contribution in [0.15, 0.2) is 12.1 Å². The van der Waals surface area contributed by atoms with Gasteiger partial charge < -0.3 is 5.73 Å². The van der Waals surface area contributed by atoms with Gasteiger partial charge in [0.25, 0.3) is 5.91 Å². The third kappa shape index (κ3) is 2.97. The molecule has 1 amide bonds. The van der Waals surface area contributed by atoms with E-state index in [1.54, 1.807) is 13.8 Å². The van der Waals surface area contributed by atoms with Gasteiger partial charge in [-0.3, -0.25) is 10.1 Å². The molecule has 0 saturated heterocycles. The predicted molar refractivity (Wildman–Crippen MR) is 78.1 cm³/mol. The maximum Gasteiger partial charge on any atom is 0.258 e. The van der Waals surface area contributed by atoms with Crippen LogP contribution in [0.3, 0.4) is 0 Å². The number of benzene rings is 1. The number of aromatic nitrogens is 3. The van der Waals surface area contributed by atoms with Gasteiger partial charge in [-0.05, 0) is 26.0 Å². The molecule has 0 atom stereocenters. The van der Waals surface area contributed by atoms with Crippen molar-refractivity contribution in [2.24, 2.45) is 0 Å². The first kappa shape index (κ1) is 14.5. The molecule has 2 rings (SSSR count). The lowest BCUT2D eigenvalue weighted by Crippen LogP contribution is -2.16. The van der Waals surface area contributed by atoms with Gasteiger partial charge in [0.15, 0.2) is 0 Å². The van der Waals surface area contributed by atoms with Gasteiger partial charge in [0.2, 0.25) is 5.95 Å². The Hall–Kier alpha value is -1.92. The van der Waals surface area contributed by atoms with Gasteiger partial charge in [-0.2, -0.15) is 5.10 Å². The van der Waals surface area contributed by atoms with E-state index in [0.717, 1.165) is 0 Å². The van der Waals surface area contributed by atoms with Gasteiger partial charge in [0.05, 0.1) is 27.1 Å². The molecule has 0 spiro atoms. The summed E-state index contributed by atoms with van der Waals surface area (Å²) in [5, 5.41) is 10.6. The van der Waals surface area contributed by atoms with Crippen LogP contribution >= 0.6 is 23.2 Å². The first-order chi connectivity index (χ1) is 9.38. The van der Waals surface area contributed by atoms with Crippen LogP contribution in [0, 0.1) is 13.8 Å². The number of nitrogens with one attached hydrogen (secondary N) is 1. The lowest BCUT2D eigenvalue weighted by molar-refractivity contribution is 0.102. The fourth-order valence-corrected chi connectivity index (χ4v) is 1.89. The minimum atomic E-state index is -0.446. The van der Waals surface area contributed by atoms with Crippen molar-refractivity contribution in [2.45, 2.75) is 13.8 Å². The SMILES string of the molecule is Cc1nnc(NC(=O)c2cc(Cl)c(N)c(Cl)c2)nc1C. The van der Waals surface area contributed by atoms with Crippen LogP contribution in [0.1, 0.15) is 21.7 Å². The summed E-state index contributed by atoms with van der Waals surface area (Å²) in [6.07, 6.45) is 0. The van der Waals surface area contributed by atoms with Crippen LogP contribution in [-0.4, -0.2) is 21.1 Å². The molecule has 1 heterocycles. The molecule has 0 radical (unpaired) electrons. The van der Waals surface area contributed by atoms with Crippen molar-refractivity contribution in [1.29, 1.82) is 0 Å². The highest BCUT2D eigenvalue weighted by molar-refractivity contribution is 6.39. The summed E-state index contributed by atoms with van der Waals surface area (Å²) >= 11 is 11.8.